The van der Waals surface area contributed by atoms with E-state index in [2.05, 4.69) is 10.3 Å². The highest BCUT2D eigenvalue weighted by molar-refractivity contribution is 7.99. The molecule has 154 valence electrons. The van der Waals surface area contributed by atoms with Crippen molar-refractivity contribution in [2.45, 2.75) is 11.4 Å². The summed E-state index contributed by atoms with van der Waals surface area (Å²) < 4.78 is 29.6. The Morgan fingerprint density at radius 2 is 2.00 bits per heavy atom. The summed E-state index contributed by atoms with van der Waals surface area (Å²) in [6.07, 6.45) is 0. The van der Waals surface area contributed by atoms with Gasteiger partial charge in [-0.05, 0) is 18.2 Å². The first-order valence-electron chi connectivity index (χ1n) is 9.31. The van der Waals surface area contributed by atoms with Crippen LogP contribution in [-0.4, -0.2) is 40.8 Å². The number of hydrogen-bond donors (Lipinski definition) is 1. The lowest BCUT2D eigenvalue weighted by Crippen LogP contribution is -2.48. The van der Waals surface area contributed by atoms with E-state index in [4.69, 9.17) is 11.6 Å². The molecule has 2 aliphatic rings. The maximum Gasteiger partial charge on any atom is 0.350 e. The molecule has 1 N–H and O–H groups in total. The molecule has 0 bridgehead atoms. The Bertz CT molecular complexity index is 1280. The number of rotatable bonds is 2. The van der Waals surface area contributed by atoms with Crippen LogP contribution in [0.3, 0.4) is 0 Å². The highest BCUT2D eigenvalue weighted by atomic mass is 35.5. The molecule has 0 unspecified atom stereocenters. The van der Waals surface area contributed by atoms with E-state index in [1.807, 2.05) is 0 Å². The van der Waals surface area contributed by atoms with Crippen LogP contribution in [0.4, 0.5) is 14.6 Å². The summed E-state index contributed by atoms with van der Waals surface area (Å²) in [5.74, 6) is -0.586. The smallest absolute Gasteiger partial charge is 0.350 e. The van der Waals surface area contributed by atoms with Gasteiger partial charge in [-0.3, -0.25) is 9.36 Å². The molecule has 0 aliphatic carbocycles. The first kappa shape index (κ1) is 19.3. The van der Waals surface area contributed by atoms with Crippen LogP contribution in [0, 0.1) is 11.6 Å². The summed E-state index contributed by atoms with van der Waals surface area (Å²) in [6.45, 7) is 1.48. The Morgan fingerprint density at radius 1 is 1.17 bits per heavy atom. The van der Waals surface area contributed by atoms with E-state index in [0.29, 0.717) is 52.6 Å². The van der Waals surface area contributed by atoms with Crippen LogP contribution in [0.2, 0.25) is 5.02 Å². The van der Waals surface area contributed by atoms with E-state index in [9.17, 15) is 18.4 Å². The third-order valence-electron chi connectivity index (χ3n) is 5.25. The van der Waals surface area contributed by atoms with Crippen molar-refractivity contribution in [1.29, 1.82) is 0 Å². The van der Waals surface area contributed by atoms with Crippen LogP contribution in [0.5, 0.6) is 0 Å². The fraction of sp³-hybridized carbons (Fsp3) is 0.250. The zero-order valence-corrected chi connectivity index (χ0v) is 17.1. The summed E-state index contributed by atoms with van der Waals surface area (Å²) in [6, 6.07) is 4.99. The van der Waals surface area contributed by atoms with E-state index in [1.165, 1.54) is 23.9 Å². The maximum absolute atomic E-state index is 14.6. The topological polar surface area (TPSA) is 67.2 Å². The largest absolute Gasteiger partial charge is 0.353 e. The number of carbonyl (C=O) groups is 1. The van der Waals surface area contributed by atoms with Crippen LogP contribution < -0.4 is 15.9 Å². The molecule has 3 heterocycles. The molecule has 0 saturated carbocycles. The summed E-state index contributed by atoms with van der Waals surface area (Å²) in [7, 11) is 0. The molecule has 0 radical (unpaired) electrons. The average molecular weight is 449 g/mol. The number of piperazine rings is 1. The highest BCUT2D eigenvalue weighted by Gasteiger charge is 2.28. The van der Waals surface area contributed by atoms with Crippen molar-refractivity contribution >= 4 is 46.0 Å². The summed E-state index contributed by atoms with van der Waals surface area (Å²) in [5.41, 5.74) is 0.767. The van der Waals surface area contributed by atoms with Crippen molar-refractivity contribution in [3.05, 3.63) is 51.4 Å². The van der Waals surface area contributed by atoms with Gasteiger partial charge in [0.2, 0.25) is 5.91 Å². The molecule has 2 aromatic carbocycles. The van der Waals surface area contributed by atoms with Gasteiger partial charge in [0, 0.05) is 52.9 Å². The van der Waals surface area contributed by atoms with Gasteiger partial charge in [-0.1, -0.05) is 11.6 Å². The number of carbonyl (C=O) groups excluding carboxylic acids is 1. The Balaban J connectivity index is 1.82. The van der Waals surface area contributed by atoms with Gasteiger partial charge in [0.25, 0.3) is 0 Å². The zero-order chi connectivity index (χ0) is 21.0. The van der Waals surface area contributed by atoms with E-state index >= 15 is 0 Å². The Hall–Kier alpha value is -2.65. The Kier molecular flexibility index (Phi) is 4.67. The normalized spacial score (nSPS) is 16.1. The molecule has 1 fully saturated rings. The summed E-state index contributed by atoms with van der Waals surface area (Å²) in [4.78, 5) is 31.3. The zero-order valence-electron chi connectivity index (χ0n) is 15.5. The lowest BCUT2D eigenvalue weighted by Gasteiger charge is -2.30. The lowest BCUT2D eigenvalue weighted by atomic mass is 10.0. The van der Waals surface area contributed by atoms with Crippen molar-refractivity contribution in [2.75, 3.05) is 30.3 Å². The van der Waals surface area contributed by atoms with Crippen molar-refractivity contribution in [2.24, 2.45) is 0 Å². The Labute approximate surface area is 178 Å². The lowest BCUT2D eigenvalue weighted by molar-refractivity contribution is -0.120. The number of halogens is 3. The van der Waals surface area contributed by atoms with Gasteiger partial charge in [0.15, 0.2) is 0 Å². The predicted molar refractivity (Wildman–Crippen MR) is 112 cm³/mol. The first-order chi connectivity index (χ1) is 14.4. The molecule has 30 heavy (non-hydrogen) atoms. The van der Waals surface area contributed by atoms with E-state index in [1.54, 1.807) is 15.5 Å². The van der Waals surface area contributed by atoms with Crippen LogP contribution in [0.15, 0.2) is 34.0 Å². The third-order valence-corrected chi connectivity index (χ3v) is 6.62. The minimum Gasteiger partial charge on any atom is -0.353 e. The maximum atomic E-state index is 14.6. The van der Waals surface area contributed by atoms with Gasteiger partial charge >= 0.3 is 5.69 Å². The number of benzene rings is 2. The second-order valence-electron chi connectivity index (χ2n) is 7.07. The first-order valence-corrected chi connectivity index (χ1v) is 10.7. The van der Waals surface area contributed by atoms with Crippen molar-refractivity contribution < 1.29 is 13.6 Å². The van der Waals surface area contributed by atoms with Gasteiger partial charge < -0.3 is 10.2 Å². The number of anilines is 1. The fourth-order valence-corrected chi connectivity index (χ4v) is 5.51. The van der Waals surface area contributed by atoms with Crippen LogP contribution in [0.1, 0.15) is 0 Å². The molecule has 3 aromatic rings. The molecule has 10 heteroatoms. The van der Waals surface area contributed by atoms with Crippen LogP contribution in [0.25, 0.3) is 22.0 Å². The van der Waals surface area contributed by atoms with E-state index in [-0.39, 0.29) is 23.0 Å². The molecule has 6 nitrogen and oxygen atoms in total. The number of aromatic nitrogens is 2. The number of nitrogens with zero attached hydrogens (tertiary/aromatic N) is 3. The van der Waals surface area contributed by atoms with Gasteiger partial charge in [-0.15, -0.1) is 11.8 Å². The number of aryl methyl sites for hydroxylation is 1. The fourth-order valence-electron chi connectivity index (χ4n) is 3.95. The van der Waals surface area contributed by atoms with Crippen LogP contribution in [-0.2, 0) is 11.3 Å². The van der Waals surface area contributed by atoms with Crippen molar-refractivity contribution in [1.82, 2.24) is 14.9 Å². The molecule has 1 aromatic heterocycles. The highest BCUT2D eigenvalue weighted by Crippen LogP contribution is 2.46. The average Bonchev–Trinajstić information content (AvgIpc) is 2.71. The molecule has 0 atom stereocenters. The molecule has 0 spiro atoms. The minimum absolute atomic E-state index is 0.0833. The second-order valence-corrected chi connectivity index (χ2v) is 8.58. The summed E-state index contributed by atoms with van der Waals surface area (Å²) >= 11 is 8.07. The number of nitrogens with one attached hydrogen (secondary N) is 1. The summed E-state index contributed by atoms with van der Waals surface area (Å²) in [5, 5.41) is 3.65. The molecule has 5 rings (SSSR count). The number of thioether (sulfide) groups is 1. The van der Waals surface area contributed by atoms with Crippen molar-refractivity contribution in [3.63, 3.8) is 0 Å². The third kappa shape index (κ3) is 3.04. The molecular formula is C20H15ClF2N4O2S. The Morgan fingerprint density at radius 3 is 2.77 bits per heavy atom. The monoisotopic (exact) mass is 448 g/mol. The van der Waals surface area contributed by atoms with Crippen molar-refractivity contribution in [3.8, 4) is 11.1 Å². The van der Waals surface area contributed by atoms with E-state index in [0.717, 1.165) is 6.07 Å². The van der Waals surface area contributed by atoms with Gasteiger partial charge in [-0.25, -0.2) is 13.6 Å². The quantitative estimate of drug-likeness (QED) is 0.652. The molecule has 1 saturated heterocycles. The van der Waals surface area contributed by atoms with Gasteiger partial charge in [0.05, 0.1) is 17.1 Å². The van der Waals surface area contributed by atoms with E-state index < -0.39 is 17.3 Å². The predicted octanol–water partition coefficient (Wildman–Crippen LogP) is 3.04. The van der Waals surface area contributed by atoms with Gasteiger partial charge in [-0.2, -0.15) is 4.98 Å². The van der Waals surface area contributed by atoms with Crippen LogP contribution >= 0.6 is 23.4 Å². The second kappa shape index (κ2) is 7.24. The molecular weight excluding hydrogens is 434 g/mol. The number of amides is 1. The number of hydrogen-bond acceptors (Lipinski definition) is 5. The SMILES string of the molecule is O=C1CN(c2nc(=O)n3c4c(c(-c5ccc(F)cc5F)c(Cl)cc24)SCC3)CCN1. The standard InChI is InChI=1S/C20H15ClF2N4O2S/c21-13-8-12-17-18(16(13)11-2-1-10(22)7-14(11)23)30-6-5-27(17)20(29)25-19(12)26-4-3-24-15(28)9-26/h1-2,7-8H,3-6,9H2,(H,24,28). The molecule has 1 amide bonds. The van der Waals surface area contributed by atoms with Gasteiger partial charge in [0.1, 0.15) is 17.5 Å². The minimum atomic E-state index is -0.727. The molecule has 2 aliphatic heterocycles.